The first-order valence-corrected chi connectivity index (χ1v) is 11.7. The van der Waals surface area contributed by atoms with Gasteiger partial charge < -0.3 is 19.7 Å². The van der Waals surface area contributed by atoms with Gasteiger partial charge in [-0.15, -0.1) is 0 Å². The van der Waals surface area contributed by atoms with E-state index < -0.39 is 0 Å². The van der Waals surface area contributed by atoms with Crippen LogP contribution >= 0.6 is 0 Å². The number of nitrogens with zero attached hydrogens (tertiary/aromatic N) is 3. The molecule has 168 valence electrons. The molecule has 2 saturated heterocycles. The van der Waals surface area contributed by atoms with E-state index in [-0.39, 0.29) is 0 Å². The number of benzene rings is 1. The Morgan fingerprint density at radius 1 is 1.13 bits per heavy atom. The van der Waals surface area contributed by atoms with Crippen molar-refractivity contribution >= 4 is 5.96 Å². The monoisotopic (exact) mass is 416 g/mol. The lowest BCUT2D eigenvalue weighted by atomic mass is 9.83. The van der Waals surface area contributed by atoms with E-state index in [4.69, 9.17) is 14.5 Å². The molecule has 0 radical (unpaired) electrons. The minimum atomic E-state index is 0.656. The zero-order chi connectivity index (χ0) is 21.0. The molecule has 30 heavy (non-hydrogen) atoms. The van der Waals surface area contributed by atoms with Gasteiger partial charge in [-0.2, -0.15) is 0 Å². The number of aliphatic imine (C=N–C) groups is 1. The zero-order valence-corrected chi connectivity index (χ0v) is 18.9. The third-order valence-corrected chi connectivity index (χ3v) is 6.19. The number of guanidine groups is 1. The van der Waals surface area contributed by atoms with Gasteiger partial charge in [0.25, 0.3) is 0 Å². The van der Waals surface area contributed by atoms with Gasteiger partial charge in [-0.05, 0) is 50.6 Å². The summed E-state index contributed by atoms with van der Waals surface area (Å²) in [6.45, 7) is 10.4. The average molecular weight is 417 g/mol. The third kappa shape index (κ3) is 6.96. The molecule has 0 amide bonds. The second kappa shape index (κ2) is 12.9. The first-order valence-electron chi connectivity index (χ1n) is 11.7. The van der Waals surface area contributed by atoms with Gasteiger partial charge in [-0.3, -0.25) is 9.89 Å². The molecule has 2 unspecified atom stereocenters. The largest absolute Gasteiger partial charge is 0.382 e. The second-order valence-electron chi connectivity index (χ2n) is 8.35. The Labute approximate surface area is 182 Å². The van der Waals surface area contributed by atoms with E-state index in [1.807, 2.05) is 0 Å². The molecular weight excluding hydrogens is 376 g/mol. The van der Waals surface area contributed by atoms with E-state index in [0.717, 1.165) is 57.6 Å². The SMILES string of the molecule is CCNC(=NCCCOCCOC)N1CCC2C(CCCN2Cc2ccccc2)C1. The van der Waals surface area contributed by atoms with Gasteiger partial charge in [0.05, 0.1) is 13.2 Å². The molecule has 2 heterocycles. The van der Waals surface area contributed by atoms with E-state index in [2.05, 4.69) is 52.4 Å². The van der Waals surface area contributed by atoms with E-state index >= 15 is 0 Å². The van der Waals surface area contributed by atoms with Crippen molar-refractivity contribution in [3.05, 3.63) is 35.9 Å². The zero-order valence-electron chi connectivity index (χ0n) is 18.9. The first kappa shape index (κ1) is 23.0. The Bertz CT molecular complexity index is 625. The lowest BCUT2D eigenvalue weighted by molar-refractivity contribution is 0.0372. The van der Waals surface area contributed by atoms with Crippen LogP contribution in [-0.2, 0) is 16.0 Å². The van der Waals surface area contributed by atoms with Crippen molar-refractivity contribution in [1.29, 1.82) is 0 Å². The van der Waals surface area contributed by atoms with Crippen LogP contribution in [0.2, 0.25) is 0 Å². The lowest BCUT2D eigenvalue weighted by Gasteiger charge is -2.48. The molecule has 6 heteroatoms. The number of rotatable bonds is 10. The molecular formula is C24H40N4O2. The van der Waals surface area contributed by atoms with Gasteiger partial charge in [-0.1, -0.05) is 30.3 Å². The van der Waals surface area contributed by atoms with E-state index in [1.54, 1.807) is 7.11 Å². The molecule has 1 aromatic carbocycles. The number of fused-ring (bicyclic) bond motifs is 1. The number of likely N-dealkylation sites (tertiary alicyclic amines) is 2. The predicted molar refractivity (Wildman–Crippen MR) is 123 cm³/mol. The summed E-state index contributed by atoms with van der Waals surface area (Å²) in [5, 5.41) is 3.51. The molecule has 3 rings (SSSR count). The van der Waals surface area contributed by atoms with Crippen LogP contribution in [-0.4, -0.2) is 81.5 Å². The van der Waals surface area contributed by atoms with Crippen molar-refractivity contribution in [3.8, 4) is 0 Å². The predicted octanol–water partition coefficient (Wildman–Crippen LogP) is 2.99. The van der Waals surface area contributed by atoms with Crippen LogP contribution in [0, 0.1) is 5.92 Å². The summed E-state index contributed by atoms with van der Waals surface area (Å²) >= 11 is 0. The molecule has 0 saturated carbocycles. The Hall–Kier alpha value is -1.63. The summed E-state index contributed by atoms with van der Waals surface area (Å²) in [5.41, 5.74) is 1.43. The number of ether oxygens (including phenoxy) is 2. The van der Waals surface area contributed by atoms with Gasteiger partial charge in [-0.25, -0.2) is 0 Å². The van der Waals surface area contributed by atoms with Crippen LogP contribution in [0.3, 0.4) is 0 Å². The number of piperidine rings is 2. The summed E-state index contributed by atoms with van der Waals surface area (Å²) < 4.78 is 10.6. The molecule has 0 aromatic heterocycles. The summed E-state index contributed by atoms with van der Waals surface area (Å²) in [4.78, 5) is 10.1. The highest BCUT2D eigenvalue weighted by molar-refractivity contribution is 5.80. The fourth-order valence-corrected chi connectivity index (χ4v) is 4.73. The molecule has 6 nitrogen and oxygen atoms in total. The molecule has 0 spiro atoms. The van der Waals surface area contributed by atoms with E-state index in [1.165, 1.54) is 31.4 Å². The Morgan fingerprint density at radius 3 is 2.80 bits per heavy atom. The molecule has 0 aliphatic carbocycles. The van der Waals surface area contributed by atoms with Crippen LogP contribution < -0.4 is 5.32 Å². The number of hydrogen-bond acceptors (Lipinski definition) is 4. The van der Waals surface area contributed by atoms with Gasteiger partial charge in [0.2, 0.25) is 0 Å². The van der Waals surface area contributed by atoms with Crippen LogP contribution in [0.5, 0.6) is 0 Å². The first-order chi connectivity index (χ1) is 14.8. The van der Waals surface area contributed by atoms with Crippen LogP contribution in [0.25, 0.3) is 0 Å². The summed E-state index contributed by atoms with van der Waals surface area (Å²) in [6, 6.07) is 11.6. The summed E-state index contributed by atoms with van der Waals surface area (Å²) in [6.07, 6.45) is 4.80. The number of hydrogen-bond donors (Lipinski definition) is 1. The Balaban J connectivity index is 1.50. The fourth-order valence-electron chi connectivity index (χ4n) is 4.73. The molecule has 2 aliphatic heterocycles. The van der Waals surface area contributed by atoms with Gasteiger partial charge >= 0.3 is 0 Å². The van der Waals surface area contributed by atoms with Crippen molar-refractivity contribution in [2.75, 3.05) is 59.7 Å². The quantitative estimate of drug-likeness (QED) is 0.361. The van der Waals surface area contributed by atoms with Crippen molar-refractivity contribution in [3.63, 3.8) is 0 Å². The maximum Gasteiger partial charge on any atom is 0.193 e. The van der Waals surface area contributed by atoms with Crippen molar-refractivity contribution in [2.24, 2.45) is 10.9 Å². The molecule has 2 aliphatic rings. The molecule has 1 aromatic rings. The average Bonchev–Trinajstić information content (AvgIpc) is 2.78. The van der Waals surface area contributed by atoms with Gasteiger partial charge in [0, 0.05) is 52.5 Å². The maximum atomic E-state index is 5.56. The third-order valence-electron chi connectivity index (χ3n) is 6.19. The van der Waals surface area contributed by atoms with Crippen molar-refractivity contribution < 1.29 is 9.47 Å². The fraction of sp³-hybridized carbons (Fsp3) is 0.708. The topological polar surface area (TPSA) is 49.3 Å². The van der Waals surface area contributed by atoms with E-state index in [9.17, 15) is 0 Å². The Kier molecular flexibility index (Phi) is 9.93. The molecule has 1 N–H and O–H groups in total. The highest BCUT2D eigenvalue weighted by Gasteiger charge is 2.36. The van der Waals surface area contributed by atoms with Gasteiger partial charge in [0.15, 0.2) is 5.96 Å². The summed E-state index contributed by atoms with van der Waals surface area (Å²) in [5.74, 6) is 1.81. The second-order valence-corrected chi connectivity index (χ2v) is 8.35. The van der Waals surface area contributed by atoms with Crippen molar-refractivity contribution in [1.82, 2.24) is 15.1 Å². The summed E-state index contributed by atoms with van der Waals surface area (Å²) in [7, 11) is 1.70. The van der Waals surface area contributed by atoms with Crippen LogP contribution in [0.1, 0.15) is 38.2 Å². The highest BCUT2D eigenvalue weighted by Crippen LogP contribution is 2.31. The van der Waals surface area contributed by atoms with E-state index in [0.29, 0.717) is 19.3 Å². The van der Waals surface area contributed by atoms with Crippen molar-refractivity contribution in [2.45, 2.75) is 45.2 Å². The minimum absolute atomic E-state index is 0.656. The smallest absolute Gasteiger partial charge is 0.193 e. The minimum Gasteiger partial charge on any atom is -0.382 e. The van der Waals surface area contributed by atoms with Crippen LogP contribution in [0.4, 0.5) is 0 Å². The molecule has 2 fully saturated rings. The maximum absolute atomic E-state index is 5.56. The highest BCUT2D eigenvalue weighted by atomic mass is 16.5. The molecule has 0 bridgehead atoms. The van der Waals surface area contributed by atoms with Crippen LogP contribution in [0.15, 0.2) is 35.3 Å². The van der Waals surface area contributed by atoms with Gasteiger partial charge in [0.1, 0.15) is 0 Å². The lowest BCUT2D eigenvalue weighted by Crippen LogP contribution is -2.56. The molecule has 2 atom stereocenters. The number of methoxy groups -OCH3 is 1. The number of nitrogens with one attached hydrogen (secondary N) is 1. The normalized spacial score (nSPS) is 22.7. The standard InChI is InChI=1S/C24H40N4O2/c1-3-25-24(26-13-8-16-30-18-17-29-2)28-15-12-23-22(20-28)11-7-14-27(23)19-21-9-5-4-6-10-21/h4-6,9-10,22-23H,3,7-8,11-20H2,1-2H3,(H,25,26). The Morgan fingerprint density at radius 2 is 2.00 bits per heavy atom.